The van der Waals surface area contributed by atoms with Gasteiger partial charge in [-0.2, -0.15) is 63.2 Å². The van der Waals surface area contributed by atoms with Gasteiger partial charge in [0.15, 0.2) is 26.3 Å². The Hall–Kier alpha value is -8.91. The third-order valence-corrected chi connectivity index (χ3v) is 15.9. The van der Waals surface area contributed by atoms with Crippen LogP contribution in [-0.4, -0.2) is 60.8 Å². The molecule has 11 rings (SSSR count). The van der Waals surface area contributed by atoms with Crippen LogP contribution in [0.2, 0.25) is 0 Å². The predicted molar refractivity (Wildman–Crippen MR) is 373 cm³/mol. The Balaban J connectivity index is 0.000000347. The Morgan fingerprint density at radius 2 is 0.819 bits per heavy atom. The van der Waals surface area contributed by atoms with Crippen LogP contribution in [0.4, 0.5) is 90.8 Å². The van der Waals surface area contributed by atoms with Gasteiger partial charge in [-0.1, -0.05) is 88.7 Å². The van der Waals surface area contributed by atoms with Gasteiger partial charge in [0.05, 0.1) is 86.2 Å². The number of benzene rings is 8. The summed E-state index contributed by atoms with van der Waals surface area (Å²) in [5, 5.41) is 44.3. The summed E-state index contributed by atoms with van der Waals surface area (Å²) in [4.78, 5) is 46.8. The molecule has 11 aromatic rings. The van der Waals surface area contributed by atoms with Gasteiger partial charge in [-0.3, -0.25) is 4.79 Å². The molecule has 3 heterocycles. The maximum absolute atomic E-state index is 12.8. The Morgan fingerprint density at radius 3 is 1.17 bits per heavy atom. The molecule has 8 N–H and O–H groups in total. The maximum Gasteiger partial charge on any atom is 1.00 e. The van der Waals surface area contributed by atoms with Crippen molar-refractivity contribution in [3.63, 3.8) is 0 Å². The first-order valence-corrected chi connectivity index (χ1v) is 32.5. The molecule has 0 radical (unpaired) electrons. The standard InChI is InChI=1S/C18H13F3N2O2S.C17H10F3N3S.C17H11F3N2O2S.C9H6BrNO.C8H7F3N2S.FH.K.Li.H2O/c1-25-16(24)12-5-2-4-11(8-12)15-10-26-17(23-15)22-14-7-3-6-13(9-14)18(19,20)21;18-17(19,20)13-5-2-6-14(8-13)22-16-23-15(10-24-16)12-4-1-3-11(7-12)9-21;18-17(19,20)12-5-2-6-13(8-12)21-16-22-14(9-25-16)10-3-1-4-11(7-10)15(23)24;10-5-9(12)8-3-1-2-7(4-8)6-11;9-8(10,11)5-2-1-3-6(4-5)13-7(12)14;;;;/h2-10H,1H3,(H,22,23);1-8,10H,(H,22,23);1-9H,(H,21,22)(H,23,24);1-4H,5H2;1-4H,(H3,12,13,14);1H;;;1H2/q;;;;;;2*+1;/p-2. The monoisotopic (exact) mass is 1610 g/mol. The summed E-state index contributed by atoms with van der Waals surface area (Å²) in [5.41, 5.74) is 9.36. The fourth-order valence-corrected chi connectivity index (χ4v) is 11.0. The molecule has 105 heavy (non-hydrogen) atoms. The summed E-state index contributed by atoms with van der Waals surface area (Å²) >= 11 is 11.3. The number of thiazole rings is 3. The first-order valence-electron chi connectivity index (χ1n) is 28.4. The summed E-state index contributed by atoms with van der Waals surface area (Å²) in [6.45, 7) is 0. The molecule has 0 unspecified atom stereocenters. The van der Waals surface area contributed by atoms with E-state index in [4.69, 9.17) is 21.4 Å². The molecule has 534 valence electrons. The summed E-state index contributed by atoms with van der Waals surface area (Å²) in [5.74, 6) is -1.50. The van der Waals surface area contributed by atoms with Gasteiger partial charge >= 0.3 is 107 Å². The van der Waals surface area contributed by atoms with E-state index in [1.807, 2.05) is 12.1 Å². The molecule has 0 saturated heterocycles. The number of aromatic nitrogens is 3. The van der Waals surface area contributed by atoms with Crippen molar-refractivity contribution in [2.75, 3.05) is 33.7 Å². The zero-order valence-corrected chi connectivity index (χ0v) is 62.2. The number of hydrogen-bond acceptors (Lipinski definition) is 17. The molecule has 0 saturated carbocycles. The molecule has 0 fully saturated rings. The van der Waals surface area contributed by atoms with Crippen LogP contribution in [0.1, 0.15) is 64.5 Å². The summed E-state index contributed by atoms with van der Waals surface area (Å²) in [6, 6.07) is 50.1. The molecule has 3 aromatic heterocycles. The largest absolute Gasteiger partial charge is 1.00 e. The number of nitrogens with one attached hydrogen (secondary N) is 4. The van der Waals surface area contributed by atoms with Gasteiger partial charge in [0.25, 0.3) is 0 Å². The Bertz CT molecular complexity index is 4820. The summed E-state index contributed by atoms with van der Waals surface area (Å²) < 4.78 is 156. The summed E-state index contributed by atoms with van der Waals surface area (Å²) in [6.07, 6.45) is -17.6. The van der Waals surface area contributed by atoms with Crippen molar-refractivity contribution in [1.29, 1.82) is 10.5 Å². The quantitative estimate of drug-likeness (QED) is 0.0147. The second-order valence-electron chi connectivity index (χ2n) is 20.2. The number of Topliss-reactive ketones (excluding diaryl/α,β-unsaturated/α-hetero) is 1. The smallest absolute Gasteiger partial charge is 1.00 e. The normalized spacial score (nSPS) is 10.5. The van der Waals surface area contributed by atoms with Gasteiger partial charge < -0.3 is 47.0 Å². The summed E-state index contributed by atoms with van der Waals surface area (Å²) in [7, 11) is 1.30. The molecule has 36 heteroatoms. The number of esters is 1. The van der Waals surface area contributed by atoms with E-state index < -0.39 is 58.9 Å². The fourth-order valence-electron chi connectivity index (χ4n) is 8.32. The average Bonchev–Trinajstić information content (AvgIpc) is 1.73. The van der Waals surface area contributed by atoms with Gasteiger partial charge in [-0.05, 0) is 134 Å². The molecule has 0 aliphatic rings. The molecule has 16 nitrogen and oxygen atoms in total. The van der Waals surface area contributed by atoms with Crippen LogP contribution in [0, 0.1) is 22.7 Å². The van der Waals surface area contributed by atoms with Crippen LogP contribution in [0.25, 0.3) is 33.8 Å². The van der Waals surface area contributed by atoms with Crippen molar-refractivity contribution in [3.8, 4) is 45.9 Å². The van der Waals surface area contributed by atoms with E-state index in [1.165, 1.54) is 95.7 Å². The number of aromatic carboxylic acids is 1. The van der Waals surface area contributed by atoms with E-state index >= 15 is 0 Å². The number of nitrogens with two attached hydrogens (primary N) is 1. The maximum atomic E-state index is 12.8. The third-order valence-electron chi connectivity index (χ3n) is 13.0. The van der Waals surface area contributed by atoms with Gasteiger partial charge in [0.1, 0.15) is 0 Å². The molecule has 0 amide bonds. The van der Waals surface area contributed by atoms with Crippen LogP contribution in [-0.2, 0) is 29.4 Å². The number of alkyl halides is 13. The Kier molecular flexibility index (Phi) is 35.9. The number of nitrogens with zero attached hydrogens (tertiary/aromatic N) is 5. The van der Waals surface area contributed by atoms with E-state index in [2.05, 4.69) is 75.2 Å². The number of rotatable bonds is 14. The minimum atomic E-state index is -4.41. The van der Waals surface area contributed by atoms with E-state index in [9.17, 15) is 67.1 Å². The Labute approximate surface area is 669 Å². The average molecular weight is 1610 g/mol. The van der Waals surface area contributed by atoms with Crippen LogP contribution < -0.4 is 102 Å². The van der Waals surface area contributed by atoms with Gasteiger partial charge in [-0.25, -0.2) is 24.5 Å². The van der Waals surface area contributed by atoms with Gasteiger partial charge in [-0.15, -0.1) is 34.0 Å². The topological polar surface area (TPSA) is 271 Å². The van der Waals surface area contributed by atoms with Gasteiger partial charge in [0.2, 0.25) is 0 Å². The number of thiocarbonyl (C=S) groups is 1. The van der Waals surface area contributed by atoms with Crippen molar-refractivity contribution >= 4 is 123 Å². The van der Waals surface area contributed by atoms with Crippen molar-refractivity contribution in [1.82, 2.24) is 15.0 Å². The number of carbonyl (C=O) groups excluding carboxylic acids is 2. The van der Waals surface area contributed by atoms with E-state index in [-0.39, 0.29) is 108 Å². The molecule has 8 aromatic carbocycles. The number of anilines is 7. The molecule has 0 atom stereocenters. The van der Waals surface area contributed by atoms with Crippen molar-refractivity contribution in [2.24, 2.45) is 5.73 Å². The van der Waals surface area contributed by atoms with Gasteiger partial charge in [0, 0.05) is 61.1 Å². The van der Waals surface area contributed by atoms with Crippen molar-refractivity contribution in [3.05, 3.63) is 260 Å². The number of carboxylic acids is 1. The first kappa shape index (κ1) is 90.3. The van der Waals surface area contributed by atoms with E-state index in [0.29, 0.717) is 82.6 Å². The number of nitriles is 2. The number of ketones is 1. The van der Waals surface area contributed by atoms with E-state index in [1.54, 1.807) is 101 Å². The van der Waals surface area contributed by atoms with Crippen LogP contribution in [0.5, 0.6) is 0 Å². The molecular weight excluding hydrogens is 1570 g/mol. The minimum absolute atomic E-state index is 0. The zero-order chi connectivity index (χ0) is 73.7. The number of carbonyl (C=O) groups is 3. The molecule has 0 bridgehead atoms. The minimum Gasteiger partial charge on any atom is -1.00 e. The predicted octanol–water partition coefficient (Wildman–Crippen LogP) is 11.4. The van der Waals surface area contributed by atoms with Crippen LogP contribution >= 0.6 is 62.2 Å². The number of methoxy groups -OCH3 is 1. The number of halogens is 14. The fraction of sp³-hybridized carbons (Fsp3) is 0.0870. The SMILES string of the molecule is COC(=O)c1cccc(-c2csc(Nc3cccc(C(F)(F)F)c3)n2)c1.N#Cc1cccc(-c2csc(Nc3cccc(C(F)(F)F)c3)n2)c1.N#Cc1cccc(C(=O)CBr)c1.NC(=S)Nc1cccc(C(F)(F)F)c1.O=C(O)c1cccc(-c2csc(Nc3cccc(C(F)(F)F)c3)n2)c1.[F-].[K+].[Li+].[OH-]. The second-order valence-corrected chi connectivity index (χ2v) is 23.8. The number of ether oxygens (including phenoxy) is 1. The third kappa shape index (κ3) is 28.5. The first-order chi connectivity index (χ1) is 47.8. The zero-order valence-electron chi connectivity index (χ0n) is 54.2. The molecule has 0 aliphatic carbocycles. The second kappa shape index (κ2) is 41.7. The van der Waals surface area contributed by atoms with Crippen molar-refractivity contribution < 1.29 is 157 Å². The van der Waals surface area contributed by atoms with Crippen LogP contribution in [0.15, 0.2) is 210 Å². The number of carboxylic acid groups (broad SMARTS) is 1. The Morgan fingerprint density at radius 1 is 0.505 bits per heavy atom. The van der Waals surface area contributed by atoms with Crippen LogP contribution in [0.3, 0.4) is 0 Å². The van der Waals surface area contributed by atoms with E-state index in [0.717, 1.165) is 54.1 Å². The van der Waals surface area contributed by atoms with Crippen molar-refractivity contribution in [2.45, 2.75) is 24.7 Å². The molecular formula is C69H48BrF13KLiN10O6S4. The molecule has 0 spiro atoms. The number of hydrogen-bond donors (Lipinski definition) is 6. The molecule has 0 aliphatic heterocycles.